The van der Waals surface area contributed by atoms with Crippen molar-refractivity contribution in [3.8, 4) is 0 Å². The second-order valence-electron chi connectivity index (χ2n) is 8.41. The molecule has 2 N–H and O–H groups in total. The Balaban J connectivity index is 1.16. The van der Waals surface area contributed by atoms with Gasteiger partial charge in [0.1, 0.15) is 0 Å². The summed E-state index contributed by atoms with van der Waals surface area (Å²) in [5, 5.41) is 12.4. The van der Waals surface area contributed by atoms with Gasteiger partial charge in [0.15, 0.2) is 0 Å². The maximum absolute atomic E-state index is 12.6. The minimum absolute atomic E-state index is 0.0307. The summed E-state index contributed by atoms with van der Waals surface area (Å²) in [6.07, 6.45) is 1.15. The molecular weight excluding hydrogens is 438 g/mol. The van der Waals surface area contributed by atoms with E-state index in [1.807, 2.05) is 25.1 Å². The van der Waals surface area contributed by atoms with Crippen LogP contribution in [0.25, 0.3) is 21.5 Å². The number of amides is 1. The van der Waals surface area contributed by atoms with E-state index in [9.17, 15) is 4.79 Å². The van der Waals surface area contributed by atoms with Gasteiger partial charge in [-0.3, -0.25) is 4.79 Å². The van der Waals surface area contributed by atoms with E-state index in [0.29, 0.717) is 19.5 Å². The fourth-order valence-corrected chi connectivity index (χ4v) is 5.42. The fraction of sp³-hybridized carbons (Fsp3) is 0.172. The van der Waals surface area contributed by atoms with Crippen molar-refractivity contribution < 1.29 is 4.79 Å². The van der Waals surface area contributed by atoms with Gasteiger partial charge in [-0.1, -0.05) is 78.9 Å². The molecule has 5 heteroatoms. The Kier molecular flexibility index (Phi) is 6.54. The highest BCUT2D eigenvalue weighted by Gasteiger charge is 2.13. The average Bonchev–Trinajstić information content (AvgIpc) is 3.20. The van der Waals surface area contributed by atoms with Crippen molar-refractivity contribution in [2.45, 2.75) is 19.8 Å². The summed E-state index contributed by atoms with van der Waals surface area (Å²) in [6, 6.07) is 29.3. The lowest BCUT2D eigenvalue weighted by molar-refractivity contribution is -0.120. The van der Waals surface area contributed by atoms with E-state index in [1.54, 1.807) is 11.3 Å². The van der Waals surface area contributed by atoms with Crippen LogP contribution in [0.15, 0.2) is 84.9 Å². The first-order chi connectivity index (χ1) is 16.7. The number of anilines is 1. The van der Waals surface area contributed by atoms with E-state index < -0.39 is 0 Å². The molecule has 0 aliphatic carbocycles. The Morgan fingerprint density at radius 2 is 1.50 bits per heavy atom. The topological polar surface area (TPSA) is 54.0 Å². The zero-order valence-corrected chi connectivity index (χ0v) is 20.0. The lowest BCUT2D eigenvalue weighted by Gasteiger charge is -2.10. The fourth-order valence-electron chi connectivity index (χ4n) is 4.32. The number of benzene rings is 4. The number of fused-ring (bicyclic) bond motifs is 2. The second kappa shape index (κ2) is 10.1. The monoisotopic (exact) mass is 465 g/mol. The third-order valence-electron chi connectivity index (χ3n) is 6.03. The van der Waals surface area contributed by atoms with E-state index in [4.69, 9.17) is 4.98 Å². The number of hydrogen-bond donors (Lipinski definition) is 2. The standard InChI is InChI=1S/C29H27N3OS/c1-20-27(34-29(32-20)18-23-12-6-10-21-8-2-4-13-24(21)23)19-28(33)31-17-16-30-26-15-7-11-22-9-3-5-14-25(22)26/h2-15,30H,16-19H2,1H3,(H,31,33). The summed E-state index contributed by atoms with van der Waals surface area (Å²) in [4.78, 5) is 18.4. The molecule has 0 saturated carbocycles. The van der Waals surface area contributed by atoms with Crippen LogP contribution in [-0.4, -0.2) is 24.0 Å². The molecule has 5 aromatic rings. The van der Waals surface area contributed by atoms with Gasteiger partial charge in [0.2, 0.25) is 5.91 Å². The van der Waals surface area contributed by atoms with E-state index in [1.165, 1.54) is 27.1 Å². The zero-order chi connectivity index (χ0) is 23.3. The van der Waals surface area contributed by atoms with Crippen molar-refractivity contribution >= 4 is 44.5 Å². The Morgan fingerprint density at radius 3 is 2.32 bits per heavy atom. The number of aryl methyl sites for hydroxylation is 1. The maximum atomic E-state index is 12.6. The Bertz CT molecular complexity index is 1450. The first-order valence-corrected chi connectivity index (χ1v) is 12.4. The molecule has 1 amide bonds. The number of nitrogens with one attached hydrogen (secondary N) is 2. The summed E-state index contributed by atoms with van der Waals surface area (Å²) >= 11 is 1.64. The molecule has 0 aliphatic heterocycles. The number of aromatic nitrogens is 1. The quantitative estimate of drug-likeness (QED) is 0.272. The molecule has 5 rings (SSSR count). The molecule has 34 heavy (non-hydrogen) atoms. The van der Waals surface area contributed by atoms with Gasteiger partial charge < -0.3 is 10.6 Å². The third kappa shape index (κ3) is 4.95. The molecule has 0 bridgehead atoms. The first-order valence-electron chi connectivity index (χ1n) is 11.6. The molecule has 4 aromatic carbocycles. The minimum Gasteiger partial charge on any atom is -0.383 e. The highest BCUT2D eigenvalue weighted by atomic mass is 32.1. The van der Waals surface area contributed by atoms with Crippen molar-refractivity contribution in [2.75, 3.05) is 18.4 Å². The van der Waals surface area contributed by atoms with E-state index in [0.717, 1.165) is 27.7 Å². The van der Waals surface area contributed by atoms with Gasteiger partial charge in [-0.15, -0.1) is 11.3 Å². The maximum Gasteiger partial charge on any atom is 0.225 e. The summed E-state index contributed by atoms with van der Waals surface area (Å²) in [5.41, 5.74) is 3.30. The van der Waals surface area contributed by atoms with Crippen LogP contribution in [-0.2, 0) is 17.6 Å². The minimum atomic E-state index is 0.0307. The average molecular weight is 466 g/mol. The molecule has 0 fully saturated rings. The van der Waals surface area contributed by atoms with Gasteiger partial charge in [0.25, 0.3) is 0 Å². The van der Waals surface area contributed by atoms with Crippen molar-refractivity contribution in [3.05, 3.63) is 106 Å². The molecule has 0 aliphatic rings. The Labute approximate surface area is 203 Å². The van der Waals surface area contributed by atoms with Gasteiger partial charge in [0, 0.05) is 35.5 Å². The van der Waals surface area contributed by atoms with E-state index >= 15 is 0 Å². The Hall–Kier alpha value is -3.70. The first kappa shape index (κ1) is 22.1. The van der Waals surface area contributed by atoms with E-state index in [2.05, 4.69) is 77.4 Å². The van der Waals surface area contributed by atoms with Crippen molar-refractivity contribution in [3.63, 3.8) is 0 Å². The van der Waals surface area contributed by atoms with Gasteiger partial charge in [-0.2, -0.15) is 0 Å². The van der Waals surface area contributed by atoms with Crippen LogP contribution in [0.2, 0.25) is 0 Å². The Morgan fingerprint density at radius 1 is 0.824 bits per heavy atom. The molecule has 170 valence electrons. The molecule has 0 radical (unpaired) electrons. The van der Waals surface area contributed by atoms with Crippen molar-refractivity contribution in [2.24, 2.45) is 0 Å². The zero-order valence-electron chi connectivity index (χ0n) is 19.2. The van der Waals surface area contributed by atoms with Crippen LogP contribution in [0.5, 0.6) is 0 Å². The SMILES string of the molecule is Cc1nc(Cc2cccc3ccccc23)sc1CC(=O)NCCNc1cccc2ccccc12. The predicted octanol–water partition coefficient (Wildman–Crippen LogP) is 6.12. The molecular formula is C29H27N3OS. The van der Waals surface area contributed by atoms with Crippen molar-refractivity contribution in [1.82, 2.24) is 10.3 Å². The van der Waals surface area contributed by atoms with Gasteiger partial charge in [-0.05, 0) is 34.7 Å². The molecule has 0 unspecified atom stereocenters. The van der Waals surface area contributed by atoms with Gasteiger partial charge in [-0.25, -0.2) is 4.98 Å². The number of carbonyl (C=O) groups excluding carboxylic acids is 1. The molecule has 1 aromatic heterocycles. The van der Waals surface area contributed by atoms with Crippen LogP contribution >= 0.6 is 11.3 Å². The van der Waals surface area contributed by atoms with Crippen LogP contribution in [0.4, 0.5) is 5.69 Å². The summed E-state index contributed by atoms with van der Waals surface area (Å²) in [7, 11) is 0. The molecule has 1 heterocycles. The largest absolute Gasteiger partial charge is 0.383 e. The van der Waals surface area contributed by atoms with Crippen LogP contribution in [0, 0.1) is 6.92 Å². The lowest BCUT2D eigenvalue weighted by atomic mass is 10.0. The van der Waals surface area contributed by atoms with E-state index in [-0.39, 0.29) is 5.91 Å². The highest BCUT2D eigenvalue weighted by Crippen LogP contribution is 2.26. The summed E-state index contributed by atoms with van der Waals surface area (Å²) in [6.45, 7) is 3.24. The molecule has 4 nitrogen and oxygen atoms in total. The number of nitrogens with zero attached hydrogens (tertiary/aromatic N) is 1. The lowest BCUT2D eigenvalue weighted by Crippen LogP contribution is -2.30. The number of hydrogen-bond acceptors (Lipinski definition) is 4. The van der Waals surface area contributed by atoms with Crippen molar-refractivity contribution in [1.29, 1.82) is 0 Å². The van der Waals surface area contributed by atoms with Gasteiger partial charge in [0.05, 0.1) is 17.1 Å². The molecule has 0 spiro atoms. The van der Waals surface area contributed by atoms with Crippen LogP contribution < -0.4 is 10.6 Å². The highest BCUT2D eigenvalue weighted by molar-refractivity contribution is 7.11. The van der Waals surface area contributed by atoms with Gasteiger partial charge >= 0.3 is 0 Å². The normalized spacial score (nSPS) is 11.1. The number of carbonyl (C=O) groups is 1. The number of thiazole rings is 1. The predicted molar refractivity (Wildman–Crippen MR) is 143 cm³/mol. The second-order valence-corrected chi connectivity index (χ2v) is 9.58. The number of rotatable bonds is 8. The summed E-state index contributed by atoms with van der Waals surface area (Å²) < 4.78 is 0. The van der Waals surface area contributed by atoms with Crippen LogP contribution in [0.1, 0.15) is 21.1 Å². The van der Waals surface area contributed by atoms with Crippen LogP contribution in [0.3, 0.4) is 0 Å². The molecule has 0 atom stereocenters. The summed E-state index contributed by atoms with van der Waals surface area (Å²) in [5.74, 6) is 0.0307. The third-order valence-corrected chi connectivity index (χ3v) is 7.19. The molecule has 0 saturated heterocycles. The smallest absolute Gasteiger partial charge is 0.225 e.